The predicted octanol–water partition coefficient (Wildman–Crippen LogP) is 0.931. The topological polar surface area (TPSA) is 53.6 Å². The van der Waals surface area contributed by atoms with Crippen molar-refractivity contribution in [2.24, 2.45) is 10.7 Å². The second-order valence-corrected chi connectivity index (χ2v) is 3.98. The zero-order valence-corrected chi connectivity index (χ0v) is 10.1. The van der Waals surface area contributed by atoms with Gasteiger partial charge in [-0.05, 0) is 39.6 Å². The first kappa shape index (κ1) is 13.7. The summed E-state index contributed by atoms with van der Waals surface area (Å²) < 4.78 is 0. The van der Waals surface area contributed by atoms with Gasteiger partial charge in [0.15, 0.2) is 5.96 Å². The molecular formula is C11H22N4. The van der Waals surface area contributed by atoms with E-state index >= 15 is 0 Å². The van der Waals surface area contributed by atoms with Crippen LogP contribution in [0, 0.1) is 0 Å². The highest BCUT2D eigenvalue weighted by Crippen LogP contribution is 1.93. The lowest BCUT2D eigenvalue weighted by Crippen LogP contribution is -2.28. The number of guanidine groups is 1. The molecule has 0 saturated heterocycles. The summed E-state index contributed by atoms with van der Waals surface area (Å²) >= 11 is 0. The summed E-state index contributed by atoms with van der Waals surface area (Å²) in [5.74, 6) is 0.430. The van der Waals surface area contributed by atoms with E-state index in [2.05, 4.69) is 21.8 Å². The van der Waals surface area contributed by atoms with Crippen molar-refractivity contribution in [2.45, 2.75) is 19.9 Å². The Morgan fingerprint density at radius 2 is 2.13 bits per heavy atom. The van der Waals surface area contributed by atoms with Crippen LogP contribution in [-0.2, 0) is 0 Å². The fraction of sp³-hybridized carbons (Fsp3) is 0.545. The van der Waals surface area contributed by atoms with Crippen molar-refractivity contribution < 1.29 is 0 Å². The molecule has 0 aromatic heterocycles. The van der Waals surface area contributed by atoms with E-state index in [9.17, 15) is 0 Å². The summed E-state index contributed by atoms with van der Waals surface area (Å²) in [7, 11) is 4.00. The molecule has 0 unspecified atom stereocenters. The number of rotatable bonds is 5. The molecule has 0 aromatic carbocycles. The van der Waals surface area contributed by atoms with Crippen molar-refractivity contribution in [2.75, 3.05) is 20.6 Å². The Bertz CT molecular complexity index is 251. The van der Waals surface area contributed by atoms with Crippen molar-refractivity contribution in [3.8, 4) is 0 Å². The zero-order valence-electron chi connectivity index (χ0n) is 10.1. The average Bonchev–Trinajstić information content (AvgIpc) is 2.00. The Morgan fingerprint density at radius 3 is 2.60 bits per heavy atom. The first-order valence-corrected chi connectivity index (χ1v) is 5.00. The Morgan fingerprint density at radius 1 is 1.53 bits per heavy atom. The summed E-state index contributed by atoms with van der Waals surface area (Å²) in [5, 5.41) is 2.89. The molecule has 0 aliphatic heterocycles. The van der Waals surface area contributed by atoms with E-state index in [0.29, 0.717) is 5.96 Å². The molecule has 0 spiro atoms. The molecule has 0 atom stereocenters. The minimum Gasteiger partial charge on any atom is -0.370 e. The second kappa shape index (κ2) is 7.06. The quantitative estimate of drug-likeness (QED) is 0.403. The van der Waals surface area contributed by atoms with Crippen LogP contribution < -0.4 is 11.1 Å². The first-order chi connectivity index (χ1) is 6.91. The smallest absolute Gasteiger partial charge is 0.192 e. The number of aliphatic imine (C=N–C) groups is 1. The van der Waals surface area contributed by atoms with Gasteiger partial charge in [-0.15, -0.1) is 0 Å². The molecule has 0 aromatic rings. The van der Waals surface area contributed by atoms with Gasteiger partial charge in [0.25, 0.3) is 0 Å². The molecule has 15 heavy (non-hydrogen) atoms. The molecule has 3 N–H and O–H groups in total. The van der Waals surface area contributed by atoms with Crippen molar-refractivity contribution >= 4 is 5.96 Å². The van der Waals surface area contributed by atoms with E-state index in [1.54, 1.807) is 6.20 Å². The van der Waals surface area contributed by atoms with Crippen LogP contribution in [0.15, 0.2) is 29.4 Å². The first-order valence-electron chi connectivity index (χ1n) is 5.00. The van der Waals surface area contributed by atoms with Crippen LogP contribution in [0.4, 0.5) is 0 Å². The zero-order chi connectivity index (χ0) is 11.8. The van der Waals surface area contributed by atoms with E-state index in [0.717, 1.165) is 12.1 Å². The monoisotopic (exact) mass is 210 g/mol. The normalized spacial score (nSPS) is 12.8. The van der Waals surface area contributed by atoms with Crippen LogP contribution in [0.25, 0.3) is 0 Å². The van der Waals surface area contributed by atoms with Gasteiger partial charge >= 0.3 is 0 Å². The number of hydrogen-bond acceptors (Lipinski definition) is 2. The van der Waals surface area contributed by atoms with Crippen LogP contribution in [0.5, 0.6) is 0 Å². The Kier molecular flexibility index (Phi) is 6.45. The van der Waals surface area contributed by atoms with Gasteiger partial charge in [-0.1, -0.05) is 6.58 Å². The van der Waals surface area contributed by atoms with Gasteiger partial charge in [-0.3, -0.25) is 4.99 Å². The number of nitrogens with zero attached hydrogens (tertiary/aromatic N) is 2. The maximum atomic E-state index is 5.61. The Balaban J connectivity index is 3.94. The van der Waals surface area contributed by atoms with Crippen LogP contribution >= 0.6 is 0 Å². The Labute approximate surface area is 92.6 Å². The third-order valence-electron chi connectivity index (χ3n) is 1.47. The lowest BCUT2D eigenvalue weighted by atomic mass is 10.3. The standard InChI is InChI=1S/C11H22N4/c1-9(2)14-11(12)13-7-6-10(3)8-15(4)5/h6-7,9H,3,8H2,1-2,4-5H3,(H3,12,13,14)/b7-6-. The third-order valence-corrected chi connectivity index (χ3v) is 1.47. The van der Waals surface area contributed by atoms with Gasteiger partial charge in [0, 0.05) is 18.8 Å². The van der Waals surface area contributed by atoms with Crippen molar-refractivity contribution in [3.05, 3.63) is 24.4 Å². The molecule has 0 radical (unpaired) electrons. The molecule has 0 bridgehead atoms. The number of nitrogens with one attached hydrogen (secondary N) is 1. The molecular weight excluding hydrogens is 188 g/mol. The van der Waals surface area contributed by atoms with E-state index in [-0.39, 0.29) is 6.04 Å². The van der Waals surface area contributed by atoms with Crippen LogP contribution in [0.1, 0.15) is 13.8 Å². The fourth-order valence-electron chi connectivity index (χ4n) is 1.02. The van der Waals surface area contributed by atoms with Crippen LogP contribution in [0.2, 0.25) is 0 Å². The Hall–Kier alpha value is -1.29. The summed E-state index contributed by atoms with van der Waals surface area (Å²) in [6.07, 6.45) is 3.65. The van der Waals surface area contributed by atoms with Gasteiger partial charge in [0.05, 0.1) is 0 Å². The van der Waals surface area contributed by atoms with Crippen molar-refractivity contribution in [1.29, 1.82) is 0 Å². The lowest BCUT2D eigenvalue weighted by molar-refractivity contribution is 0.449. The average molecular weight is 210 g/mol. The highest BCUT2D eigenvalue weighted by molar-refractivity contribution is 5.78. The van der Waals surface area contributed by atoms with E-state index < -0.39 is 0 Å². The molecule has 0 fully saturated rings. The van der Waals surface area contributed by atoms with Crippen LogP contribution in [0.3, 0.4) is 0 Å². The summed E-state index contributed by atoms with van der Waals surface area (Å²) in [6, 6.07) is 0.205. The molecule has 4 nitrogen and oxygen atoms in total. The third kappa shape index (κ3) is 9.02. The van der Waals surface area contributed by atoms with Gasteiger partial charge in [0.1, 0.15) is 0 Å². The maximum absolute atomic E-state index is 5.61. The van der Waals surface area contributed by atoms with Gasteiger partial charge in [-0.2, -0.15) is 0 Å². The summed E-state index contributed by atoms with van der Waals surface area (Å²) in [5.41, 5.74) is 6.63. The molecule has 0 saturated carbocycles. The van der Waals surface area contributed by atoms with Gasteiger partial charge in [0.2, 0.25) is 0 Å². The molecule has 0 aliphatic rings. The minimum absolute atomic E-state index is 0.205. The maximum Gasteiger partial charge on any atom is 0.192 e. The highest BCUT2D eigenvalue weighted by atomic mass is 15.1. The number of likely N-dealkylation sites (N-methyl/N-ethyl adjacent to an activating group) is 1. The predicted molar refractivity (Wildman–Crippen MR) is 66.7 cm³/mol. The molecule has 0 aliphatic carbocycles. The van der Waals surface area contributed by atoms with E-state index in [4.69, 9.17) is 5.73 Å². The molecule has 0 amide bonds. The van der Waals surface area contributed by atoms with Gasteiger partial charge in [-0.25, -0.2) is 0 Å². The summed E-state index contributed by atoms with van der Waals surface area (Å²) in [4.78, 5) is 6.18. The lowest BCUT2D eigenvalue weighted by Gasteiger charge is -2.08. The molecule has 4 heteroatoms. The largest absolute Gasteiger partial charge is 0.370 e. The van der Waals surface area contributed by atoms with Crippen molar-refractivity contribution in [1.82, 2.24) is 10.2 Å². The molecule has 0 rings (SSSR count). The van der Waals surface area contributed by atoms with Gasteiger partial charge < -0.3 is 16.0 Å². The highest BCUT2D eigenvalue weighted by Gasteiger charge is 1.92. The minimum atomic E-state index is 0.205. The molecule has 0 heterocycles. The SMILES string of the molecule is C=C(/C=C\NC(N)=NC(C)C)CN(C)C. The van der Waals surface area contributed by atoms with E-state index in [1.807, 2.05) is 34.0 Å². The van der Waals surface area contributed by atoms with E-state index in [1.165, 1.54) is 0 Å². The summed E-state index contributed by atoms with van der Waals surface area (Å²) in [6.45, 7) is 8.69. The fourth-order valence-corrected chi connectivity index (χ4v) is 1.02. The second-order valence-electron chi connectivity index (χ2n) is 3.98. The van der Waals surface area contributed by atoms with Crippen molar-refractivity contribution in [3.63, 3.8) is 0 Å². The molecule has 86 valence electrons. The number of hydrogen-bond donors (Lipinski definition) is 2. The van der Waals surface area contributed by atoms with Crippen LogP contribution in [-0.4, -0.2) is 37.5 Å². The number of nitrogens with two attached hydrogens (primary N) is 1.